The van der Waals surface area contributed by atoms with Crippen LogP contribution in [0.25, 0.3) is 0 Å². The highest BCUT2D eigenvalue weighted by atomic mass is 16.5. The van der Waals surface area contributed by atoms with Crippen molar-refractivity contribution in [3.05, 3.63) is 23.9 Å². The summed E-state index contributed by atoms with van der Waals surface area (Å²) >= 11 is 0. The number of aromatic nitrogens is 1. The van der Waals surface area contributed by atoms with Crippen LogP contribution in [0.2, 0.25) is 0 Å². The molecule has 6 nitrogen and oxygen atoms in total. The Bertz CT molecular complexity index is 396. The number of amides is 1. The Morgan fingerprint density at radius 2 is 2.33 bits per heavy atom. The molecule has 18 heavy (non-hydrogen) atoms. The van der Waals surface area contributed by atoms with Crippen molar-refractivity contribution in [3.63, 3.8) is 0 Å². The lowest BCUT2D eigenvalue weighted by Crippen LogP contribution is -2.40. The molecule has 0 bridgehead atoms. The van der Waals surface area contributed by atoms with Crippen LogP contribution in [0.1, 0.15) is 10.4 Å². The minimum absolute atomic E-state index is 0.162. The molecule has 0 fully saturated rings. The van der Waals surface area contributed by atoms with Gasteiger partial charge in [-0.15, -0.1) is 0 Å². The van der Waals surface area contributed by atoms with Crippen LogP contribution in [0.3, 0.4) is 0 Å². The molecular formula is C12H19N3O3. The van der Waals surface area contributed by atoms with Crippen LogP contribution in [0, 0.1) is 0 Å². The first-order chi connectivity index (χ1) is 8.58. The van der Waals surface area contributed by atoms with Crippen molar-refractivity contribution >= 4 is 11.7 Å². The zero-order chi connectivity index (χ0) is 13.5. The number of nitrogens with zero attached hydrogens (tertiary/aromatic N) is 2. The van der Waals surface area contributed by atoms with Gasteiger partial charge in [0.1, 0.15) is 5.82 Å². The fourth-order valence-electron chi connectivity index (χ4n) is 1.41. The zero-order valence-corrected chi connectivity index (χ0v) is 10.9. The largest absolute Gasteiger partial charge is 0.394 e. The number of hydrogen-bond acceptors (Lipinski definition) is 5. The molecule has 0 radical (unpaired) electrons. The predicted octanol–water partition coefficient (Wildman–Crippen LogP) is -0.115. The van der Waals surface area contributed by atoms with E-state index in [1.54, 1.807) is 18.3 Å². The summed E-state index contributed by atoms with van der Waals surface area (Å²) in [6.45, 7) is 0.110. The van der Waals surface area contributed by atoms with Gasteiger partial charge in [0, 0.05) is 33.0 Å². The van der Waals surface area contributed by atoms with Crippen LogP contribution in [0.15, 0.2) is 18.3 Å². The van der Waals surface area contributed by atoms with Gasteiger partial charge in [-0.2, -0.15) is 0 Å². The minimum atomic E-state index is -0.404. The summed E-state index contributed by atoms with van der Waals surface area (Å²) < 4.78 is 4.90. The van der Waals surface area contributed by atoms with Gasteiger partial charge in [-0.05, 0) is 12.1 Å². The molecule has 1 aromatic rings. The molecule has 0 aliphatic rings. The van der Waals surface area contributed by atoms with Crippen molar-refractivity contribution in [1.29, 1.82) is 0 Å². The van der Waals surface area contributed by atoms with Crippen molar-refractivity contribution < 1.29 is 14.6 Å². The topological polar surface area (TPSA) is 74.7 Å². The maximum Gasteiger partial charge on any atom is 0.251 e. The second-order valence-corrected chi connectivity index (χ2v) is 4.11. The molecule has 1 rings (SSSR count). The van der Waals surface area contributed by atoms with Gasteiger partial charge in [-0.3, -0.25) is 4.79 Å². The van der Waals surface area contributed by atoms with E-state index in [9.17, 15) is 4.79 Å². The Labute approximate surface area is 107 Å². The highest BCUT2D eigenvalue weighted by Gasteiger charge is 2.13. The fraction of sp³-hybridized carbons (Fsp3) is 0.500. The Morgan fingerprint density at radius 3 is 2.89 bits per heavy atom. The first kappa shape index (κ1) is 14.4. The smallest absolute Gasteiger partial charge is 0.251 e. The molecule has 0 saturated carbocycles. The maximum absolute atomic E-state index is 11.9. The highest BCUT2D eigenvalue weighted by Crippen LogP contribution is 2.09. The molecule has 6 heteroatoms. The zero-order valence-electron chi connectivity index (χ0n) is 10.9. The average Bonchev–Trinajstić information content (AvgIpc) is 2.38. The number of methoxy groups -OCH3 is 1. The van der Waals surface area contributed by atoms with E-state index in [1.807, 2.05) is 19.0 Å². The third kappa shape index (κ3) is 3.97. The summed E-state index contributed by atoms with van der Waals surface area (Å²) in [5.74, 6) is 0.450. The van der Waals surface area contributed by atoms with E-state index < -0.39 is 6.04 Å². The molecule has 1 unspecified atom stereocenters. The van der Waals surface area contributed by atoms with E-state index in [0.29, 0.717) is 11.4 Å². The van der Waals surface area contributed by atoms with Gasteiger partial charge in [-0.1, -0.05) is 0 Å². The van der Waals surface area contributed by atoms with E-state index in [2.05, 4.69) is 10.3 Å². The van der Waals surface area contributed by atoms with Gasteiger partial charge in [0.05, 0.1) is 19.3 Å². The molecule has 1 amide bonds. The van der Waals surface area contributed by atoms with Crippen molar-refractivity contribution in [2.24, 2.45) is 0 Å². The summed E-state index contributed by atoms with van der Waals surface area (Å²) in [6.07, 6.45) is 1.58. The lowest BCUT2D eigenvalue weighted by atomic mass is 10.2. The molecule has 2 N–H and O–H groups in total. The summed E-state index contributed by atoms with van der Waals surface area (Å²) in [5, 5.41) is 11.8. The normalized spacial score (nSPS) is 12.0. The van der Waals surface area contributed by atoms with Crippen molar-refractivity contribution in [2.45, 2.75) is 6.04 Å². The first-order valence-electron chi connectivity index (χ1n) is 5.62. The number of rotatable bonds is 6. The number of carbonyl (C=O) groups excluding carboxylic acids is 1. The molecule has 0 aliphatic carbocycles. The molecule has 0 spiro atoms. The second kappa shape index (κ2) is 6.93. The van der Waals surface area contributed by atoms with Gasteiger partial charge in [0.25, 0.3) is 5.91 Å². The SMILES string of the molecule is COCC(CO)NC(=O)c1ccnc(N(C)C)c1. The molecule has 1 atom stereocenters. The number of pyridine rings is 1. The monoisotopic (exact) mass is 253 g/mol. The number of aliphatic hydroxyl groups is 1. The molecule has 1 aromatic heterocycles. The van der Waals surface area contributed by atoms with E-state index in [4.69, 9.17) is 9.84 Å². The van der Waals surface area contributed by atoms with Crippen molar-refractivity contribution in [1.82, 2.24) is 10.3 Å². The minimum Gasteiger partial charge on any atom is -0.394 e. The van der Waals surface area contributed by atoms with Gasteiger partial charge in [0.2, 0.25) is 0 Å². The van der Waals surface area contributed by atoms with Crippen LogP contribution < -0.4 is 10.2 Å². The number of carbonyl (C=O) groups is 1. The quantitative estimate of drug-likeness (QED) is 0.739. The van der Waals surface area contributed by atoms with Gasteiger partial charge in [0.15, 0.2) is 0 Å². The standard InChI is InChI=1S/C12H19N3O3/c1-15(2)11-6-9(4-5-13-11)12(17)14-10(7-16)8-18-3/h4-6,10,16H,7-8H2,1-3H3,(H,14,17). The third-order valence-electron chi connectivity index (χ3n) is 2.39. The number of hydrogen-bond donors (Lipinski definition) is 2. The summed E-state index contributed by atoms with van der Waals surface area (Å²) in [6, 6.07) is 2.92. The molecule has 100 valence electrons. The van der Waals surface area contributed by atoms with Crippen LogP contribution in [0.4, 0.5) is 5.82 Å². The molecular weight excluding hydrogens is 234 g/mol. The summed E-state index contributed by atoms with van der Waals surface area (Å²) in [7, 11) is 5.22. The number of aliphatic hydroxyl groups excluding tert-OH is 1. The predicted molar refractivity (Wildman–Crippen MR) is 68.8 cm³/mol. The van der Waals surface area contributed by atoms with Crippen LogP contribution in [-0.2, 0) is 4.74 Å². The average molecular weight is 253 g/mol. The van der Waals surface area contributed by atoms with E-state index in [-0.39, 0.29) is 19.1 Å². The van der Waals surface area contributed by atoms with Crippen LogP contribution in [0.5, 0.6) is 0 Å². The van der Waals surface area contributed by atoms with E-state index in [1.165, 1.54) is 7.11 Å². The summed E-state index contributed by atoms with van der Waals surface area (Å²) in [5.41, 5.74) is 0.503. The highest BCUT2D eigenvalue weighted by molar-refractivity contribution is 5.95. The molecule has 0 aromatic carbocycles. The number of ether oxygens (including phenoxy) is 1. The molecule has 0 saturated heterocycles. The Morgan fingerprint density at radius 1 is 1.61 bits per heavy atom. The summed E-state index contributed by atoms with van der Waals surface area (Å²) in [4.78, 5) is 17.9. The Balaban J connectivity index is 2.74. The van der Waals surface area contributed by atoms with Crippen molar-refractivity contribution in [3.8, 4) is 0 Å². The lowest BCUT2D eigenvalue weighted by Gasteiger charge is -2.16. The van der Waals surface area contributed by atoms with Gasteiger partial charge in [-0.25, -0.2) is 4.98 Å². The molecule has 0 aliphatic heterocycles. The number of nitrogens with one attached hydrogen (secondary N) is 1. The van der Waals surface area contributed by atoms with Gasteiger partial charge >= 0.3 is 0 Å². The Hall–Kier alpha value is -1.66. The van der Waals surface area contributed by atoms with E-state index >= 15 is 0 Å². The van der Waals surface area contributed by atoms with E-state index in [0.717, 1.165) is 0 Å². The van der Waals surface area contributed by atoms with Gasteiger partial charge < -0.3 is 20.1 Å². The second-order valence-electron chi connectivity index (χ2n) is 4.11. The third-order valence-corrected chi connectivity index (χ3v) is 2.39. The van der Waals surface area contributed by atoms with Crippen LogP contribution >= 0.6 is 0 Å². The van der Waals surface area contributed by atoms with Crippen LogP contribution in [-0.4, -0.2) is 56.5 Å². The maximum atomic E-state index is 11.9. The number of anilines is 1. The fourth-order valence-corrected chi connectivity index (χ4v) is 1.41. The lowest BCUT2D eigenvalue weighted by molar-refractivity contribution is 0.0839. The Kier molecular flexibility index (Phi) is 5.54. The molecule has 1 heterocycles. The van der Waals surface area contributed by atoms with Crippen molar-refractivity contribution in [2.75, 3.05) is 39.3 Å². The first-order valence-corrected chi connectivity index (χ1v) is 5.62.